The van der Waals surface area contributed by atoms with E-state index in [9.17, 15) is 14.7 Å². The van der Waals surface area contributed by atoms with E-state index in [1.165, 1.54) is 4.90 Å². The highest BCUT2D eigenvalue weighted by Crippen LogP contribution is 2.40. The van der Waals surface area contributed by atoms with Crippen molar-refractivity contribution in [1.29, 1.82) is 0 Å². The van der Waals surface area contributed by atoms with Crippen LogP contribution in [0.2, 0.25) is 0 Å². The second-order valence-corrected chi connectivity index (χ2v) is 5.41. The molecule has 5 heteroatoms. The van der Waals surface area contributed by atoms with Gasteiger partial charge in [-0.2, -0.15) is 0 Å². The molecule has 1 fully saturated rings. The molecule has 2 aliphatic rings. The van der Waals surface area contributed by atoms with Crippen LogP contribution in [-0.2, 0) is 10.5 Å². The Bertz CT molecular complexity index is 558. The molecular weight excluding hydrogens is 256 g/mol. The molecule has 2 amide bonds. The van der Waals surface area contributed by atoms with Crippen LogP contribution in [0.1, 0.15) is 41.6 Å². The third-order valence-corrected chi connectivity index (χ3v) is 4.11. The zero-order valence-corrected chi connectivity index (χ0v) is 11.3. The minimum atomic E-state index is -1.34. The van der Waals surface area contributed by atoms with Crippen molar-refractivity contribution < 1.29 is 14.7 Å². The molecule has 0 bridgehead atoms. The van der Waals surface area contributed by atoms with Crippen molar-refractivity contribution >= 4 is 11.8 Å². The zero-order valence-electron chi connectivity index (χ0n) is 11.3. The lowest BCUT2D eigenvalue weighted by Gasteiger charge is -2.34. The van der Waals surface area contributed by atoms with Gasteiger partial charge in [0, 0.05) is 17.7 Å². The van der Waals surface area contributed by atoms with Crippen LogP contribution >= 0.6 is 0 Å². The van der Waals surface area contributed by atoms with Crippen molar-refractivity contribution in [2.75, 3.05) is 13.1 Å². The molecule has 1 atom stereocenters. The Balaban J connectivity index is 2.02. The molecule has 2 heterocycles. The maximum atomic E-state index is 12.4. The number of carbonyl (C=O) groups excluding carboxylic acids is 2. The number of fused-ring (bicyclic) bond motifs is 3. The zero-order chi connectivity index (χ0) is 14.2. The van der Waals surface area contributed by atoms with Crippen LogP contribution in [0.25, 0.3) is 0 Å². The van der Waals surface area contributed by atoms with E-state index in [2.05, 4.69) is 5.32 Å². The van der Waals surface area contributed by atoms with Gasteiger partial charge in [-0.25, -0.2) is 0 Å². The highest BCUT2D eigenvalue weighted by molar-refractivity contribution is 6.01. The largest absolute Gasteiger partial charge is 0.367 e. The summed E-state index contributed by atoms with van der Waals surface area (Å²) < 4.78 is 0. The average molecular weight is 274 g/mol. The quantitative estimate of drug-likeness (QED) is 0.741. The van der Waals surface area contributed by atoms with E-state index in [-0.39, 0.29) is 18.4 Å². The van der Waals surface area contributed by atoms with Crippen LogP contribution in [0.15, 0.2) is 24.3 Å². The maximum absolute atomic E-state index is 12.4. The first kappa shape index (κ1) is 13.1. The molecule has 106 valence electrons. The fraction of sp³-hybridized carbons (Fsp3) is 0.467. The molecule has 0 saturated carbocycles. The van der Waals surface area contributed by atoms with Crippen LogP contribution in [0.4, 0.5) is 0 Å². The SMILES string of the molecule is O=C1CN2C(=O)c3ccccc3C2(O)CCCCCN1. The van der Waals surface area contributed by atoms with Gasteiger partial charge >= 0.3 is 0 Å². The fourth-order valence-electron chi connectivity index (χ4n) is 3.05. The normalized spacial score (nSPS) is 26.8. The molecule has 20 heavy (non-hydrogen) atoms. The first-order valence-electron chi connectivity index (χ1n) is 7.03. The predicted octanol–water partition coefficient (Wildman–Crippen LogP) is 0.978. The van der Waals surface area contributed by atoms with Crippen molar-refractivity contribution in [1.82, 2.24) is 10.2 Å². The third kappa shape index (κ3) is 1.98. The number of aliphatic hydroxyl groups is 1. The Labute approximate surface area is 117 Å². The van der Waals surface area contributed by atoms with E-state index in [0.29, 0.717) is 24.1 Å². The molecule has 1 unspecified atom stereocenters. The highest BCUT2D eigenvalue weighted by atomic mass is 16.3. The minimum Gasteiger partial charge on any atom is -0.367 e. The second-order valence-electron chi connectivity index (χ2n) is 5.41. The Morgan fingerprint density at radius 3 is 2.80 bits per heavy atom. The van der Waals surface area contributed by atoms with E-state index in [0.717, 1.165) is 19.3 Å². The van der Waals surface area contributed by atoms with Gasteiger partial charge in [0.05, 0.1) is 0 Å². The molecule has 3 rings (SSSR count). The molecule has 0 aliphatic carbocycles. The van der Waals surface area contributed by atoms with E-state index in [4.69, 9.17) is 0 Å². The monoisotopic (exact) mass is 274 g/mol. The summed E-state index contributed by atoms with van der Waals surface area (Å²) in [5, 5.41) is 13.8. The summed E-state index contributed by atoms with van der Waals surface area (Å²) in [4.78, 5) is 25.6. The Hall–Kier alpha value is -1.88. The summed E-state index contributed by atoms with van der Waals surface area (Å²) in [6.45, 7) is 0.538. The van der Waals surface area contributed by atoms with Gasteiger partial charge in [0.25, 0.3) is 5.91 Å². The van der Waals surface area contributed by atoms with Gasteiger partial charge in [0.2, 0.25) is 5.91 Å². The predicted molar refractivity (Wildman–Crippen MR) is 72.9 cm³/mol. The summed E-state index contributed by atoms with van der Waals surface area (Å²) in [6.07, 6.45) is 3.12. The molecule has 0 radical (unpaired) electrons. The Morgan fingerprint density at radius 1 is 1.15 bits per heavy atom. The number of hydrogen-bond acceptors (Lipinski definition) is 3. The number of benzene rings is 1. The van der Waals surface area contributed by atoms with Crippen molar-refractivity contribution in [2.24, 2.45) is 0 Å². The van der Waals surface area contributed by atoms with Gasteiger partial charge < -0.3 is 10.4 Å². The number of carbonyl (C=O) groups is 2. The topological polar surface area (TPSA) is 69.6 Å². The smallest absolute Gasteiger partial charge is 0.257 e. The fourth-order valence-corrected chi connectivity index (χ4v) is 3.05. The summed E-state index contributed by atoms with van der Waals surface area (Å²) in [6, 6.07) is 7.07. The molecule has 0 spiro atoms. The molecule has 1 aromatic rings. The first-order chi connectivity index (χ1) is 9.63. The first-order valence-corrected chi connectivity index (χ1v) is 7.03. The van der Waals surface area contributed by atoms with Gasteiger partial charge in [-0.3, -0.25) is 14.5 Å². The van der Waals surface area contributed by atoms with Gasteiger partial charge in [0.1, 0.15) is 6.54 Å². The second kappa shape index (κ2) is 4.90. The molecule has 2 aliphatic heterocycles. The maximum Gasteiger partial charge on any atom is 0.257 e. The number of nitrogens with one attached hydrogen (secondary N) is 1. The summed E-state index contributed by atoms with van der Waals surface area (Å²) in [5.74, 6) is -0.481. The Morgan fingerprint density at radius 2 is 1.95 bits per heavy atom. The van der Waals surface area contributed by atoms with Crippen LogP contribution in [0.3, 0.4) is 0 Å². The van der Waals surface area contributed by atoms with Gasteiger partial charge in [-0.15, -0.1) is 0 Å². The lowest BCUT2D eigenvalue weighted by atomic mass is 9.95. The van der Waals surface area contributed by atoms with E-state index >= 15 is 0 Å². The highest BCUT2D eigenvalue weighted by Gasteiger charge is 2.48. The molecule has 0 aromatic heterocycles. The Kier molecular flexibility index (Phi) is 3.22. The minimum absolute atomic E-state index is 0.0932. The number of amides is 2. The molecule has 2 N–H and O–H groups in total. The lowest BCUT2D eigenvalue weighted by Crippen LogP contribution is -2.49. The summed E-state index contributed by atoms with van der Waals surface area (Å²) in [7, 11) is 0. The molecule has 1 saturated heterocycles. The van der Waals surface area contributed by atoms with Crippen LogP contribution in [-0.4, -0.2) is 34.9 Å². The molecular formula is C15H18N2O3. The third-order valence-electron chi connectivity index (χ3n) is 4.11. The van der Waals surface area contributed by atoms with Gasteiger partial charge in [-0.05, 0) is 25.3 Å². The van der Waals surface area contributed by atoms with E-state index in [1.807, 2.05) is 6.07 Å². The van der Waals surface area contributed by atoms with Crippen LogP contribution in [0, 0.1) is 0 Å². The van der Waals surface area contributed by atoms with E-state index in [1.54, 1.807) is 18.2 Å². The number of hydrogen-bond donors (Lipinski definition) is 2. The van der Waals surface area contributed by atoms with Crippen LogP contribution in [0.5, 0.6) is 0 Å². The van der Waals surface area contributed by atoms with Crippen molar-refractivity contribution in [2.45, 2.75) is 31.4 Å². The standard InChI is InChI=1S/C15H18N2O3/c18-13-10-17-14(19)11-6-2-3-7-12(11)15(17,20)8-4-1-5-9-16-13/h2-3,6-7,20H,1,4-5,8-10H2,(H,16,18). The number of nitrogens with zero attached hydrogens (tertiary/aromatic N) is 1. The van der Waals surface area contributed by atoms with E-state index < -0.39 is 5.72 Å². The summed E-state index contributed by atoms with van der Waals surface area (Å²) in [5.41, 5.74) is -0.219. The lowest BCUT2D eigenvalue weighted by molar-refractivity contribution is -0.132. The van der Waals surface area contributed by atoms with Gasteiger partial charge in [0.15, 0.2) is 5.72 Å². The van der Waals surface area contributed by atoms with Crippen molar-refractivity contribution in [3.63, 3.8) is 0 Å². The molecule has 5 nitrogen and oxygen atoms in total. The molecule has 1 aromatic carbocycles. The summed E-state index contributed by atoms with van der Waals surface area (Å²) >= 11 is 0. The van der Waals surface area contributed by atoms with Crippen molar-refractivity contribution in [3.05, 3.63) is 35.4 Å². The van der Waals surface area contributed by atoms with Crippen molar-refractivity contribution in [3.8, 4) is 0 Å². The average Bonchev–Trinajstić information content (AvgIpc) is 2.66. The van der Waals surface area contributed by atoms with Gasteiger partial charge in [-0.1, -0.05) is 24.6 Å². The van der Waals surface area contributed by atoms with Crippen LogP contribution < -0.4 is 5.32 Å². The number of rotatable bonds is 0.